The Hall–Kier alpha value is -0.530. The number of carbonyl (C=O) groups is 1. The molecule has 0 aromatic heterocycles. The van der Waals surface area contributed by atoms with Crippen molar-refractivity contribution < 1.29 is 9.90 Å². The van der Waals surface area contributed by atoms with Crippen LogP contribution in [0.3, 0.4) is 0 Å². The molecule has 0 radical (unpaired) electrons. The number of aliphatic carboxylic acids is 1. The van der Waals surface area contributed by atoms with Crippen LogP contribution in [0, 0.1) is 22.7 Å². The SMILES string of the molecule is CC1CC2(CC(=O)O)CC3C[C@@]3(C1)C2. The second-order valence-corrected chi connectivity index (χ2v) is 6.23. The maximum atomic E-state index is 10.9. The molecule has 0 amide bonds. The lowest BCUT2D eigenvalue weighted by Crippen LogP contribution is -2.31. The fourth-order valence-electron chi connectivity index (χ4n) is 4.79. The Morgan fingerprint density at radius 3 is 2.86 bits per heavy atom. The van der Waals surface area contributed by atoms with Crippen LogP contribution >= 0.6 is 0 Å². The molecule has 4 atom stereocenters. The number of fused-ring (bicyclic) bond motifs is 1. The summed E-state index contributed by atoms with van der Waals surface area (Å²) in [6.45, 7) is 2.30. The molecule has 0 aromatic rings. The molecule has 3 rings (SSSR count). The van der Waals surface area contributed by atoms with Gasteiger partial charge in [0.25, 0.3) is 0 Å². The topological polar surface area (TPSA) is 37.3 Å². The second-order valence-electron chi connectivity index (χ2n) is 6.23. The predicted molar refractivity (Wildman–Crippen MR) is 52.9 cm³/mol. The quantitative estimate of drug-likeness (QED) is 0.733. The maximum Gasteiger partial charge on any atom is 0.303 e. The van der Waals surface area contributed by atoms with E-state index in [1.165, 1.54) is 25.7 Å². The molecule has 1 N–H and O–H groups in total. The first-order valence-electron chi connectivity index (χ1n) is 5.76. The summed E-state index contributed by atoms with van der Waals surface area (Å²) in [5, 5.41) is 8.97. The van der Waals surface area contributed by atoms with E-state index < -0.39 is 5.97 Å². The van der Waals surface area contributed by atoms with Crippen LogP contribution in [0.15, 0.2) is 0 Å². The average molecular weight is 194 g/mol. The first kappa shape index (κ1) is 8.75. The summed E-state index contributed by atoms with van der Waals surface area (Å²) in [6.07, 6.45) is 6.80. The van der Waals surface area contributed by atoms with E-state index in [9.17, 15) is 4.79 Å². The molecule has 2 bridgehead atoms. The molecule has 3 aliphatic carbocycles. The zero-order valence-corrected chi connectivity index (χ0v) is 8.75. The van der Waals surface area contributed by atoms with Gasteiger partial charge in [0.15, 0.2) is 0 Å². The molecule has 3 unspecified atom stereocenters. The molecule has 2 heteroatoms. The lowest BCUT2D eigenvalue weighted by atomic mass is 9.66. The monoisotopic (exact) mass is 194 g/mol. The highest BCUT2D eigenvalue weighted by molar-refractivity contribution is 5.68. The highest BCUT2D eigenvalue weighted by Gasteiger charge is 2.67. The van der Waals surface area contributed by atoms with E-state index in [0.29, 0.717) is 11.8 Å². The van der Waals surface area contributed by atoms with Crippen LogP contribution in [-0.2, 0) is 4.79 Å². The van der Waals surface area contributed by atoms with Crippen LogP contribution in [0.1, 0.15) is 45.4 Å². The fourth-order valence-corrected chi connectivity index (χ4v) is 4.79. The summed E-state index contributed by atoms with van der Waals surface area (Å²) in [4.78, 5) is 10.9. The van der Waals surface area contributed by atoms with E-state index in [1.54, 1.807) is 0 Å². The Kier molecular flexibility index (Phi) is 1.46. The second kappa shape index (κ2) is 2.34. The van der Waals surface area contributed by atoms with Gasteiger partial charge in [-0.2, -0.15) is 0 Å². The minimum atomic E-state index is -0.587. The zero-order valence-electron chi connectivity index (χ0n) is 8.75. The number of rotatable bonds is 2. The van der Waals surface area contributed by atoms with Crippen LogP contribution in [0.25, 0.3) is 0 Å². The molecule has 0 saturated heterocycles. The molecule has 78 valence electrons. The molecule has 2 nitrogen and oxygen atoms in total. The molecule has 1 spiro atoms. The van der Waals surface area contributed by atoms with Crippen molar-refractivity contribution in [2.45, 2.75) is 45.4 Å². The summed E-state index contributed by atoms with van der Waals surface area (Å²) in [5.74, 6) is 1.07. The Morgan fingerprint density at radius 2 is 2.14 bits per heavy atom. The van der Waals surface area contributed by atoms with Gasteiger partial charge >= 0.3 is 5.97 Å². The summed E-state index contributed by atoms with van der Waals surface area (Å²) in [7, 11) is 0. The van der Waals surface area contributed by atoms with Gasteiger partial charge in [0.2, 0.25) is 0 Å². The highest BCUT2D eigenvalue weighted by atomic mass is 16.4. The Morgan fingerprint density at radius 1 is 1.36 bits per heavy atom. The molecular weight excluding hydrogens is 176 g/mol. The van der Waals surface area contributed by atoms with E-state index >= 15 is 0 Å². The molecule has 0 aliphatic heterocycles. The van der Waals surface area contributed by atoms with Crippen LogP contribution in [-0.4, -0.2) is 11.1 Å². The van der Waals surface area contributed by atoms with Crippen LogP contribution in [0.5, 0.6) is 0 Å². The zero-order chi connectivity index (χ0) is 9.97. The minimum Gasteiger partial charge on any atom is -0.481 e. The third-order valence-corrected chi connectivity index (χ3v) is 4.83. The van der Waals surface area contributed by atoms with Crippen molar-refractivity contribution in [3.8, 4) is 0 Å². The average Bonchev–Trinajstić information content (AvgIpc) is 2.49. The highest BCUT2D eigenvalue weighted by Crippen LogP contribution is 2.76. The Bertz CT molecular complexity index is 295. The van der Waals surface area contributed by atoms with Gasteiger partial charge in [-0.15, -0.1) is 0 Å². The Balaban J connectivity index is 1.84. The summed E-state index contributed by atoms with van der Waals surface area (Å²) < 4.78 is 0. The van der Waals surface area contributed by atoms with Crippen molar-refractivity contribution in [3.05, 3.63) is 0 Å². The third-order valence-electron chi connectivity index (χ3n) is 4.83. The summed E-state index contributed by atoms with van der Waals surface area (Å²) >= 11 is 0. The normalized spacial score (nSPS) is 54.1. The Labute approximate surface area is 84.7 Å². The van der Waals surface area contributed by atoms with Gasteiger partial charge in [-0.05, 0) is 54.8 Å². The fraction of sp³-hybridized carbons (Fsp3) is 0.917. The van der Waals surface area contributed by atoms with Gasteiger partial charge < -0.3 is 5.11 Å². The van der Waals surface area contributed by atoms with Crippen molar-refractivity contribution in [1.82, 2.24) is 0 Å². The summed E-state index contributed by atoms with van der Waals surface area (Å²) in [6, 6.07) is 0. The third kappa shape index (κ3) is 1.06. The first-order valence-corrected chi connectivity index (χ1v) is 5.76. The lowest BCUT2D eigenvalue weighted by Gasteiger charge is -2.39. The van der Waals surface area contributed by atoms with Crippen LogP contribution < -0.4 is 0 Å². The maximum absolute atomic E-state index is 10.9. The van der Waals surface area contributed by atoms with Gasteiger partial charge in [0.05, 0.1) is 6.42 Å². The molecular formula is C12H18O2. The minimum absolute atomic E-state index is 0.201. The lowest BCUT2D eigenvalue weighted by molar-refractivity contribution is -0.140. The molecule has 0 aromatic carbocycles. The first-order chi connectivity index (χ1) is 6.54. The molecule has 3 fully saturated rings. The van der Waals surface area contributed by atoms with Crippen molar-refractivity contribution in [1.29, 1.82) is 0 Å². The van der Waals surface area contributed by atoms with E-state index in [2.05, 4.69) is 6.92 Å². The van der Waals surface area contributed by atoms with Gasteiger partial charge in [0, 0.05) is 0 Å². The molecule has 0 heterocycles. The van der Waals surface area contributed by atoms with Crippen LogP contribution in [0.4, 0.5) is 0 Å². The van der Waals surface area contributed by atoms with Crippen molar-refractivity contribution >= 4 is 5.97 Å². The summed E-state index contributed by atoms with van der Waals surface area (Å²) in [5.41, 5.74) is 0.819. The standard InChI is InChI=1S/C12H18O2/c1-8-2-11(6-10(13)14)4-9-5-12(9,3-8)7-11/h8-9H,2-7H2,1H3,(H,13,14)/t8?,9?,11?,12-/m0/s1. The smallest absolute Gasteiger partial charge is 0.303 e. The van der Waals surface area contributed by atoms with Gasteiger partial charge in [-0.1, -0.05) is 6.92 Å². The van der Waals surface area contributed by atoms with E-state index in [-0.39, 0.29) is 5.41 Å². The number of hydrogen-bond acceptors (Lipinski definition) is 1. The number of carboxylic acids is 1. The van der Waals surface area contributed by atoms with Crippen molar-refractivity contribution in [2.24, 2.45) is 22.7 Å². The largest absolute Gasteiger partial charge is 0.481 e. The number of hydrogen-bond donors (Lipinski definition) is 1. The molecule has 3 aliphatic rings. The van der Waals surface area contributed by atoms with Gasteiger partial charge in [0.1, 0.15) is 0 Å². The van der Waals surface area contributed by atoms with E-state index in [4.69, 9.17) is 5.11 Å². The molecule has 14 heavy (non-hydrogen) atoms. The number of carboxylic acid groups (broad SMARTS) is 1. The van der Waals surface area contributed by atoms with Gasteiger partial charge in [-0.25, -0.2) is 0 Å². The van der Waals surface area contributed by atoms with Crippen LogP contribution in [0.2, 0.25) is 0 Å². The van der Waals surface area contributed by atoms with E-state index in [1.807, 2.05) is 0 Å². The van der Waals surface area contributed by atoms with Crippen molar-refractivity contribution in [2.75, 3.05) is 0 Å². The predicted octanol–water partition coefficient (Wildman–Crippen LogP) is 2.68. The van der Waals surface area contributed by atoms with Crippen molar-refractivity contribution in [3.63, 3.8) is 0 Å². The van der Waals surface area contributed by atoms with E-state index in [0.717, 1.165) is 18.3 Å². The molecule has 3 saturated carbocycles. The van der Waals surface area contributed by atoms with Gasteiger partial charge in [-0.3, -0.25) is 4.79 Å².